The van der Waals surface area contributed by atoms with Gasteiger partial charge in [0.25, 0.3) is 0 Å². The third-order valence-electron chi connectivity index (χ3n) is 2.58. The number of thiocarbonyl (C=S) groups is 1. The van der Waals surface area contributed by atoms with Crippen LogP contribution in [0.5, 0.6) is 5.88 Å². The minimum Gasteiger partial charge on any atom is -0.477 e. The highest BCUT2D eigenvalue weighted by molar-refractivity contribution is 7.80. The zero-order valence-corrected chi connectivity index (χ0v) is 11.3. The maximum absolute atomic E-state index is 5.50. The van der Waals surface area contributed by atoms with Gasteiger partial charge in [0.15, 0.2) is 0 Å². The number of hydrogen-bond acceptors (Lipinski definition) is 4. The van der Waals surface area contributed by atoms with E-state index in [0.29, 0.717) is 18.2 Å². The summed E-state index contributed by atoms with van der Waals surface area (Å²) in [4.78, 5) is 8.39. The monoisotopic (exact) mass is 273 g/mol. The minimum atomic E-state index is 0.239. The summed E-state index contributed by atoms with van der Waals surface area (Å²) in [5, 5.41) is 0. The lowest BCUT2D eigenvalue weighted by molar-refractivity contribution is 0.298. The second kappa shape index (κ2) is 6.80. The number of aromatic nitrogens is 2. The molecule has 5 heteroatoms. The highest BCUT2D eigenvalue weighted by Gasteiger charge is 2.00. The summed E-state index contributed by atoms with van der Waals surface area (Å²) in [5.74, 6) is 0.494. The van der Waals surface area contributed by atoms with Gasteiger partial charge in [0.1, 0.15) is 10.7 Å². The number of hydrogen-bond donors (Lipinski definition) is 1. The van der Waals surface area contributed by atoms with Gasteiger partial charge in [-0.05, 0) is 18.4 Å². The van der Waals surface area contributed by atoms with Gasteiger partial charge in [-0.1, -0.05) is 42.5 Å². The van der Waals surface area contributed by atoms with Gasteiger partial charge < -0.3 is 10.5 Å². The second-order valence-electron chi connectivity index (χ2n) is 4.04. The van der Waals surface area contributed by atoms with Crippen molar-refractivity contribution in [1.29, 1.82) is 0 Å². The Morgan fingerprint density at radius 2 is 1.95 bits per heavy atom. The Labute approximate surface area is 117 Å². The quantitative estimate of drug-likeness (QED) is 0.645. The van der Waals surface area contributed by atoms with E-state index in [4.69, 9.17) is 22.7 Å². The van der Waals surface area contributed by atoms with E-state index >= 15 is 0 Å². The van der Waals surface area contributed by atoms with E-state index in [1.54, 1.807) is 0 Å². The van der Waals surface area contributed by atoms with Gasteiger partial charge in [0, 0.05) is 0 Å². The lowest BCUT2D eigenvalue weighted by Crippen LogP contribution is -2.12. The molecule has 0 fully saturated rings. The van der Waals surface area contributed by atoms with Gasteiger partial charge in [-0.25, -0.2) is 9.97 Å². The van der Waals surface area contributed by atoms with E-state index in [0.717, 1.165) is 12.8 Å². The number of nitrogens with zero attached hydrogens (tertiary/aromatic N) is 2. The molecule has 1 aromatic heterocycles. The summed E-state index contributed by atoms with van der Waals surface area (Å²) in [6, 6.07) is 10.3. The van der Waals surface area contributed by atoms with Crippen molar-refractivity contribution in [2.45, 2.75) is 12.8 Å². The van der Waals surface area contributed by atoms with Crippen molar-refractivity contribution >= 4 is 17.2 Å². The molecule has 2 N–H and O–H groups in total. The van der Waals surface area contributed by atoms with E-state index in [1.165, 1.54) is 18.0 Å². The summed E-state index contributed by atoms with van der Waals surface area (Å²) >= 11 is 4.80. The molecule has 19 heavy (non-hydrogen) atoms. The number of benzene rings is 1. The van der Waals surface area contributed by atoms with E-state index in [2.05, 4.69) is 22.1 Å². The Bertz CT molecular complexity index is 528. The predicted molar refractivity (Wildman–Crippen MR) is 78.2 cm³/mol. The standard InChI is InChI=1S/C14H15N3OS/c15-14(19)12-9-17-13(10-16-12)18-8-4-7-11-5-2-1-3-6-11/h1-3,5-6,9-10H,4,7-8H2,(H2,15,19). The average molecular weight is 273 g/mol. The van der Waals surface area contributed by atoms with E-state index < -0.39 is 0 Å². The van der Waals surface area contributed by atoms with Crippen LogP contribution < -0.4 is 10.5 Å². The molecule has 1 heterocycles. The molecule has 2 aromatic rings. The van der Waals surface area contributed by atoms with Gasteiger partial charge in [0.2, 0.25) is 5.88 Å². The van der Waals surface area contributed by atoms with Crippen molar-refractivity contribution in [2.75, 3.05) is 6.61 Å². The first-order valence-electron chi connectivity index (χ1n) is 6.04. The first-order chi connectivity index (χ1) is 9.25. The topological polar surface area (TPSA) is 61.0 Å². The SMILES string of the molecule is NC(=S)c1cnc(OCCCc2ccccc2)cn1. The van der Waals surface area contributed by atoms with Crippen LogP contribution in [0.25, 0.3) is 0 Å². The molecular weight excluding hydrogens is 258 g/mol. The number of rotatable bonds is 6. The molecule has 0 spiro atoms. The van der Waals surface area contributed by atoms with Crippen molar-refractivity contribution < 1.29 is 4.74 Å². The minimum absolute atomic E-state index is 0.239. The zero-order chi connectivity index (χ0) is 13.5. The largest absolute Gasteiger partial charge is 0.477 e. The molecule has 0 saturated carbocycles. The molecule has 1 aromatic carbocycles. The van der Waals surface area contributed by atoms with Crippen LogP contribution in [0.15, 0.2) is 42.7 Å². The highest BCUT2D eigenvalue weighted by Crippen LogP contribution is 2.06. The Morgan fingerprint density at radius 1 is 1.16 bits per heavy atom. The molecule has 0 bridgehead atoms. The molecule has 0 radical (unpaired) electrons. The summed E-state index contributed by atoms with van der Waals surface area (Å²) in [6.45, 7) is 0.607. The summed E-state index contributed by atoms with van der Waals surface area (Å²) < 4.78 is 5.50. The Balaban J connectivity index is 1.75. The lowest BCUT2D eigenvalue weighted by Gasteiger charge is -2.05. The molecule has 98 valence electrons. The number of ether oxygens (including phenoxy) is 1. The smallest absolute Gasteiger partial charge is 0.232 e. The normalized spacial score (nSPS) is 10.1. The fraction of sp³-hybridized carbons (Fsp3) is 0.214. The van der Waals surface area contributed by atoms with E-state index in [-0.39, 0.29) is 4.99 Å². The first-order valence-corrected chi connectivity index (χ1v) is 6.45. The molecule has 0 saturated heterocycles. The summed E-state index contributed by atoms with van der Waals surface area (Å²) in [6.07, 6.45) is 4.98. The van der Waals surface area contributed by atoms with Crippen LogP contribution in [0.4, 0.5) is 0 Å². The van der Waals surface area contributed by atoms with Crippen LogP contribution in [0.3, 0.4) is 0 Å². The molecular formula is C14H15N3OS. The van der Waals surface area contributed by atoms with Crippen molar-refractivity contribution in [3.8, 4) is 5.88 Å². The van der Waals surface area contributed by atoms with Crippen LogP contribution in [-0.4, -0.2) is 21.6 Å². The van der Waals surface area contributed by atoms with E-state index in [9.17, 15) is 0 Å². The molecule has 0 aliphatic carbocycles. The number of nitrogens with two attached hydrogens (primary N) is 1. The highest BCUT2D eigenvalue weighted by atomic mass is 32.1. The lowest BCUT2D eigenvalue weighted by atomic mass is 10.1. The maximum Gasteiger partial charge on any atom is 0.232 e. The van der Waals surface area contributed by atoms with Crippen LogP contribution in [0, 0.1) is 0 Å². The molecule has 0 atom stereocenters. The molecule has 0 aliphatic rings. The predicted octanol–water partition coefficient (Wildman–Crippen LogP) is 2.12. The van der Waals surface area contributed by atoms with Crippen molar-refractivity contribution in [3.63, 3.8) is 0 Å². The molecule has 4 nitrogen and oxygen atoms in total. The van der Waals surface area contributed by atoms with Gasteiger partial charge in [0.05, 0.1) is 19.0 Å². The van der Waals surface area contributed by atoms with Crippen molar-refractivity contribution in [2.24, 2.45) is 5.73 Å². The first kappa shape index (κ1) is 13.4. The Hall–Kier alpha value is -2.01. The average Bonchev–Trinajstić information content (AvgIpc) is 2.45. The molecule has 2 rings (SSSR count). The second-order valence-corrected chi connectivity index (χ2v) is 4.48. The summed E-state index contributed by atoms with van der Waals surface area (Å²) in [5.41, 5.74) is 7.25. The number of aryl methyl sites for hydroxylation is 1. The van der Waals surface area contributed by atoms with Gasteiger partial charge in [-0.15, -0.1) is 0 Å². The Morgan fingerprint density at radius 3 is 2.58 bits per heavy atom. The van der Waals surface area contributed by atoms with Crippen LogP contribution in [0.1, 0.15) is 17.7 Å². The van der Waals surface area contributed by atoms with E-state index in [1.807, 2.05) is 18.2 Å². The van der Waals surface area contributed by atoms with Crippen LogP contribution >= 0.6 is 12.2 Å². The van der Waals surface area contributed by atoms with Gasteiger partial charge >= 0.3 is 0 Å². The summed E-state index contributed by atoms with van der Waals surface area (Å²) in [7, 11) is 0. The van der Waals surface area contributed by atoms with Crippen molar-refractivity contribution in [1.82, 2.24) is 9.97 Å². The van der Waals surface area contributed by atoms with Crippen LogP contribution in [0.2, 0.25) is 0 Å². The maximum atomic E-state index is 5.50. The zero-order valence-electron chi connectivity index (χ0n) is 10.5. The van der Waals surface area contributed by atoms with Crippen LogP contribution in [-0.2, 0) is 6.42 Å². The fourth-order valence-electron chi connectivity index (χ4n) is 1.62. The molecule has 0 unspecified atom stereocenters. The Kier molecular flexibility index (Phi) is 4.80. The fourth-order valence-corrected chi connectivity index (χ4v) is 1.72. The van der Waals surface area contributed by atoms with Gasteiger partial charge in [-0.3, -0.25) is 0 Å². The molecule has 0 aliphatic heterocycles. The van der Waals surface area contributed by atoms with Crippen molar-refractivity contribution in [3.05, 3.63) is 54.0 Å². The third-order valence-corrected chi connectivity index (χ3v) is 2.79. The van der Waals surface area contributed by atoms with Gasteiger partial charge in [-0.2, -0.15) is 0 Å². The third kappa shape index (κ3) is 4.30. The molecule has 0 amide bonds.